The fourth-order valence-electron chi connectivity index (χ4n) is 7.80. The number of nitrogens with zero attached hydrogens (tertiary/aromatic N) is 9. The second-order valence-electron chi connectivity index (χ2n) is 13.9. The van der Waals surface area contributed by atoms with Crippen molar-refractivity contribution < 1.29 is 0 Å². The number of nitrogens with one attached hydrogen (secondary N) is 2. The number of aromatic nitrogens is 9. The maximum absolute atomic E-state index is 6.59. The highest BCUT2D eigenvalue weighted by Crippen LogP contribution is 2.37. The number of pyridine rings is 1. The van der Waals surface area contributed by atoms with Gasteiger partial charge in [-0.15, -0.1) is 22.7 Å². The maximum Gasteiger partial charge on any atom is 0.172 e. The van der Waals surface area contributed by atoms with Gasteiger partial charge in [0.2, 0.25) is 0 Å². The van der Waals surface area contributed by atoms with Gasteiger partial charge < -0.3 is 19.4 Å². The standard InChI is InChI=1S/C36H36ClN11S2/c1-20-14-46-19-32(48-18-25-10-30(49-36(25)44-48)22-3-6-38-7-4-22)42-34(46)29(40-20)13-26-12-27(5-8-39-26)47-17-24-11-31(50-35(24)43-47)23-9-28(37)33-41-21(2)15-45(33)16-23/h9-11,14-19,22,26-27,38-39H,3-8,12-13H2,1-2H3. The zero-order chi connectivity index (χ0) is 33.5. The molecule has 10 rings (SSSR count). The third-order valence-electron chi connectivity index (χ3n) is 10.2. The number of hydrogen-bond acceptors (Lipinski definition) is 9. The maximum atomic E-state index is 6.59. The average molecular weight is 722 g/mol. The molecule has 0 aromatic carbocycles. The summed E-state index contributed by atoms with van der Waals surface area (Å²) in [7, 11) is 0. The van der Waals surface area contributed by atoms with Crippen LogP contribution in [0.4, 0.5) is 0 Å². The van der Waals surface area contributed by atoms with Crippen molar-refractivity contribution in [1.82, 2.24) is 53.9 Å². The normalized spacial score (nSPS) is 19.2. The fourth-order valence-corrected chi connectivity index (χ4v) is 10.2. The zero-order valence-corrected chi connectivity index (χ0v) is 30.2. The fraction of sp³-hybridized carbons (Fsp3) is 0.361. The van der Waals surface area contributed by atoms with Crippen molar-refractivity contribution in [3.63, 3.8) is 0 Å². The summed E-state index contributed by atoms with van der Waals surface area (Å²) in [6.45, 7) is 7.16. The molecule has 0 spiro atoms. The van der Waals surface area contributed by atoms with Gasteiger partial charge in [-0.25, -0.2) is 14.6 Å². The highest BCUT2D eigenvalue weighted by atomic mass is 35.5. The van der Waals surface area contributed by atoms with Gasteiger partial charge >= 0.3 is 0 Å². The van der Waals surface area contributed by atoms with Crippen LogP contribution in [0.25, 0.3) is 48.0 Å². The molecule has 2 aliphatic rings. The van der Waals surface area contributed by atoms with Crippen LogP contribution in [-0.2, 0) is 6.42 Å². The number of hydrogen-bond donors (Lipinski definition) is 2. The summed E-state index contributed by atoms with van der Waals surface area (Å²) in [6.07, 6.45) is 17.8. The Balaban J connectivity index is 0.874. The number of halogens is 1. The van der Waals surface area contributed by atoms with Gasteiger partial charge in [-0.2, -0.15) is 10.2 Å². The van der Waals surface area contributed by atoms with Gasteiger partial charge in [0.05, 0.1) is 34.3 Å². The number of piperidine rings is 2. The van der Waals surface area contributed by atoms with Crippen LogP contribution >= 0.6 is 34.3 Å². The SMILES string of the molecule is Cc1cn2cc(-n3cc4cc(C5CCNCC5)sc4n3)nc2c(CC2CC(n3cc4cc(-c5cc(Cl)c6nc(C)cn6c5)sc4n3)CCN2)n1. The van der Waals surface area contributed by atoms with E-state index in [1.807, 2.05) is 39.6 Å². The lowest BCUT2D eigenvalue weighted by Gasteiger charge is -2.30. The smallest absolute Gasteiger partial charge is 0.172 e. The van der Waals surface area contributed by atoms with Crippen molar-refractivity contribution in [2.24, 2.45) is 0 Å². The van der Waals surface area contributed by atoms with Gasteiger partial charge in [0.1, 0.15) is 9.66 Å². The molecule has 2 fully saturated rings. The average Bonchev–Trinajstić information content (AvgIpc) is 3.94. The molecule has 2 aliphatic heterocycles. The molecule has 10 heterocycles. The van der Waals surface area contributed by atoms with Crippen LogP contribution in [0.15, 0.2) is 55.4 Å². The molecular formula is C36H36ClN11S2. The largest absolute Gasteiger partial charge is 0.317 e. The molecule has 0 aliphatic carbocycles. The Hall–Kier alpha value is -4.14. The first-order chi connectivity index (χ1) is 24.4. The second-order valence-corrected chi connectivity index (χ2v) is 16.4. The second kappa shape index (κ2) is 12.0. The van der Waals surface area contributed by atoms with E-state index in [0.29, 0.717) is 17.0 Å². The highest BCUT2D eigenvalue weighted by molar-refractivity contribution is 7.21. The van der Waals surface area contributed by atoms with Gasteiger partial charge in [-0.1, -0.05) is 11.6 Å². The Morgan fingerprint density at radius 2 is 1.60 bits per heavy atom. The molecule has 0 amide bonds. The molecule has 14 heteroatoms. The summed E-state index contributed by atoms with van der Waals surface area (Å²) in [5.41, 5.74) is 5.68. The molecule has 2 N–H and O–H groups in total. The van der Waals surface area contributed by atoms with Crippen molar-refractivity contribution in [3.8, 4) is 16.3 Å². The third kappa shape index (κ3) is 5.43. The molecule has 2 saturated heterocycles. The van der Waals surface area contributed by atoms with Crippen LogP contribution in [0, 0.1) is 13.8 Å². The van der Waals surface area contributed by atoms with E-state index in [1.165, 1.54) is 23.1 Å². The minimum absolute atomic E-state index is 0.265. The van der Waals surface area contributed by atoms with Crippen LogP contribution < -0.4 is 10.6 Å². The molecule has 254 valence electrons. The van der Waals surface area contributed by atoms with Crippen molar-refractivity contribution >= 4 is 66.0 Å². The number of fused-ring (bicyclic) bond motifs is 4. The van der Waals surface area contributed by atoms with Crippen molar-refractivity contribution in [1.29, 1.82) is 0 Å². The van der Waals surface area contributed by atoms with E-state index < -0.39 is 0 Å². The topological polar surface area (TPSA) is 107 Å². The number of aryl methyl sites for hydroxylation is 2. The van der Waals surface area contributed by atoms with Crippen LogP contribution in [0.2, 0.25) is 5.02 Å². The molecule has 2 unspecified atom stereocenters. The van der Waals surface area contributed by atoms with Crippen LogP contribution in [0.5, 0.6) is 0 Å². The minimum Gasteiger partial charge on any atom is -0.317 e. The van der Waals surface area contributed by atoms with E-state index in [1.54, 1.807) is 11.3 Å². The first kappa shape index (κ1) is 30.7. The van der Waals surface area contributed by atoms with E-state index in [0.717, 1.165) is 98.6 Å². The highest BCUT2D eigenvalue weighted by Gasteiger charge is 2.26. The first-order valence-corrected chi connectivity index (χ1v) is 19.3. The van der Waals surface area contributed by atoms with Crippen LogP contribution in [0.3, 0.4) is 0 Å². The Kier molecular flexibility index (Phi) is 7.35. The molecule has 8 aromatic rings. The molecule has 11 nitrogen and oxygen atoms in total. The van der Waals surface area contributed by atoms with E-state index in [9.17, 15) is 0 Å². The summed E-state index contributed by atoms with van der Waals surface area (Å²) < 4.78 is 8.23. The number of imidazole rings is 2. The predicted octanol–water partition coefficient (Wildman–Crippen LogP) is 7.13. The van der Waals surface area contributed by atoms with E-state index in [4.69, 9.17) is 31.8 Å². The Bertz CT molecular complexity index is 2480. The first-order valence-electron chi connectivity index (χ1n) is 17.3. The van der Waals surface area contributed by atoms with Crippen LogP contribution in [-0.4, -0.2) is 69.0 Å². The van der Waals surface area contributed by atoms with Gasteiger partial charge in [0.25, 0.3) is 0 Å². The lowest BCUT2D eigenvalue weighted by molar-refractivity contribution is 0.283. The van der Waals surface area contributed by atoms with E-state index in [-0.39, 0.29) is 6.04 Å². The zero-order valence-electron chi connectivity index (χ0n) is 27.8. The Morgan fingerprint density at radius 1 is 0.800 bits per heavy atom. The van der Waals surface area contributed by atoms with Crippen LogP contribution in [0.1, 0.15) is 59.6 Å². The van der Waals surface area contributed by atoms with Gasteiger partial charge in [-0.05, 0) is 83.3 Å². The lowest BCUT2D eigenvalue weighted by atomic mass is 9.96. The van der Waals surface area contributed by atoms with Crippen molar-refractivity contribution in [3.05, 3.63) is 82.4 Å². The number of rotatable bonds is 6. The molecule has 0 saturated carbocycles. The minimum atomic E-state index is 0.265. The molecular weight excluding hydrogens is 686 g/mol. The van der Waals surface area contributed by atoms with E-state index in [2.05, 4.69) is 74.7 Å². The quantitative estimate of drug-likeness (QED) is 0.188. The number of thiophene rings is 2. The van der Waals surface area contributed by atoms with Gasteiger partial charge in [-0.3, -0.25) is 9.67 Å². The van der Waals surface area contributed by atoms with Crippen molar-refractivity contribution in [2.75, 3.05) is 19.6 Å². The molecule has 0 radical (unpaired) electrons. The summed E-state index contributed by atoms with van der Waals surface area (Å²) in [5, 5.41) is 20.3. The molecule has 0 bridgehead atoms. The summed E-state index contributed by atoms with van der Waals surface area (Å²) in [5.74, 6) is 1.46. The summed E-state index contributed by atoms with van der Waals surface area (Å²) in [4.78, 5) is 19.3. The predicted molar refractivity (Wildman–Crippen MR) is 200 cm³/mol. The monoisotopic (exact) mass is 721 g/mol. The lowest BCUT2D eigenvalue weighted by Crippen LogP contribution is -2.40. The van der Waals surface area contributed by atoms with E-state index >= 15 is 0 Å². The Morgan fingerprint density at radius 3 is 2.44 bits per heavy atom. The van der Waals surface area contributed by atoms with Gasteiger partial charge in [0, 0.05) is 69.5 Å². The Labute approximate surface area is 300 Å². The molecule has 50 heavy (non-hydrogen) atoms. The molecule has 8 aromatic heterocycles. The molecule has 2 atom stereocenters. The third-order valence-corrected chi connectivity index (χ3v) is 12.8. The van der Waals surface area contributed by atoms with Crippen molar-refractivity contribution in [2.45, 2.75) is 64.0 Å². The van der Waals surface area contributed by atoms with Gasteiger partial charge in [0.15, 0.2) is 17.1 Å². The summed E-state index contributed by atoms with van der Waals surface area (Å²) >= 11 is 10.1. The summed E-state index contributed by atoms with van der Waals surface area (Å²) in [6, 6.07) is 7.14.